The van der Waals surface area contributed by atoms with E-state index in [2.05, 4.69) is 19.9 Å². The Bertz CT molecular complexity index is 625. The van der Waals surface area contributed by atoms with Crippen LogP contribution in [0.15, 0.2) is 24.3 Å². The molecule has 0 heterocycles. The second kappa shape index (κ2) is 27.1. The van der Waals surface area contributed by atoms with Crippen LogP contribution in [0.1, 0.15) is 136 Å². The highest BCUT2D eigenvalue weighted by Crippen LogP contribution is 2.10. The zero-order valence-corrected chi connectivity index (χ0v) is 23.7. The highest BCUT2D eigenvalue weighted by Gasteiger charge is 2.12. The molecular formula is C31H54O6. The Morgan fingerprint density at radius 1 is 0.622 bits per heavy atom. The quantitative estimate of drug-likeness (QED) is 0.0545. The van der Waals surface area contributed by atoms with Crippen molar-refractivity contribution >= 4 is 17.7 Å². The average Bonchev–Trinajstić information content (AvgIpc) is 2.89. The van der Waals surface area contributed by atoms with Gasteiger partial charge in [-0.25, -0.2) is 0 Å². The molecule has 0 rings (SSSR count). The molecule has 6 heteroatoms. The number of hydrogen-bond acceptors (Lipinski definition) is 6. The minimum absolute atomic E-state index is 0.147. The lowest BCUT2D eigenvalue weighted by atomic mass is 10.1. The first kappa shape index (κ1) is 35.0. The molecule has 1 N–H and O–H groups in total. The van der Waals surface area contributed by atoms with Crippen LogP contribution in [0, 0.1) is 0 Å². The van der Waals surface area contributed by atoms with E-state index in [9.17, 15) is 19.5 Å². The van der Waals surface area contributed by atoms with Crippen molar-refractivity contribution in [3.05, 3.63) is 24.3 Å². The van der Waals surface area contributed by atoms with E-state index in [-0.39, 0.29) is 30.9 Å². The van der Waals surface area contributed by atoms with Crippen molar-refractivity contribution in [2.75, 3.05) is 13.2 Å². The molecule has 0 amide bonds. The second-order valence-corrected chi connectivity index (χ2v) is 9.91. The first-order valence-corrected chi connectivity index (χ1v) is 14.8. The predicted octanol–water partition coefficient (Wildman–Crippen LogP) is 7.57. The molecule has 0 unspecified atom stereocenters. The maximum Gasteiger partial charge on any atom is 0.305 e. The first-order chi connectivity index (χ1) is 18.0. The molecule has 0 aromatic rings. The van der Waals surface area contributed by atoms with Crippen molar-refractivity contribution in [3.8, 4) is 0 Å². The molecule has 0 aromatic heterocycles. The van der Waals surface area contributed by atoms with Crippen LogP contribution in [0.3, 0.4) is 0 Å². The third kappa shape index (κ3) is 26.9. The summed E-state index contributed by atoms with van der Waals surface area (Å²) in [5, 5.41) is 9.87. The van der Waals surface area contributed by atoms with Gasteiger partial charge in [-0.05, 0) is 38.2 Å². The van der Waals surface area contributed by atoms with Gasteiger partial charge in [0.2, 0.25) is 0 Å². The third-order valence-electron chi connectivity index (χ3n) is 6.17. The van der Waals surface area contributed by atoms with Crippen LogP contribution in [0.2, 0.25) is 0 Å². The van der Waals surface area contributed by atoms with Crippen LogP contribution < -0.4 is 0 Å². The van der Waals surface area contributed by atoms with Crippen LogP contribution in [-0.2, 0) is 23.9 Å². The fourth-order valence-corrected chi connectivity index (χ4v) is 3.83. The van der Waals surface area contributed by atoms with Gasteiger partial charge in [0.25, 0.3) is 0 Å². The molecule has 0 aliphatic heterocycles. The first-order valence-electron chi connectivity index (χ1n) is 14.8. The molecule has 0 fully saturated rings. The Hall–Kier alpha value is -1.95. The Kier molecular flexibility index (Phi) is 25.7. The van der Waals surface area contributed by atoms with Gasteiger partial charge >= 0.3 is 11.9 Å². The van der Waals surface area contributed by atoms with E-state index in [0.29, 0.717) is 19.3 Å². The molecule has 0 bridgehead atoms. The number of rotatable bonds is 26. The fourth-order valence-electron chi connectivity index (χ4n) is 3.83. The number of carbonyl (C=O) groups excluding carboxylic acids is 3. The summed E-state index contributed by atoms with van der Waals surface area (Å²) in [7, 11) is 0. The average molecular weight is 523 g/mol. The summed E-state index contributed by atoms with van der Waals surface area (Å²) < 4.78 is 10.1. The number of ether oxygens (including phenoxy) is 2. The summed E-state index contributed by atoms with van der Waals surface area (Å²) >= 11 is 0. The number of hydrogen-bond donors (Lipinski definition) is 1. The van der Waals surface area contributed by atoms with E-state index < -0.39 is 6.10 Å². The van der Waals surface area contributed by atoms with Crippen LogP contribution in [0.4, 0.5) is 0 Å². The molecule has 0 radical (unpaired) electrons. The molecule has 0 saturated heterocycles. The number of aliphatic hydroxyl groups is 1. The fraction of sp³-hybridized carbons (Fsp3) is 0.774. The lowest BCUT2D eigenvalue weighted by molar-refractivity contribution is -0.152. The van der Waals surface area contributed by atoms with Crippen molar-refractivity contribution in [1.82, 2.24) is 0 Å². The van der Waals surface area contributed by atoms with Gasteiger partial charge in [0.15, 0.2) is 5.78 Å². The molecule has 214 valence electrons. The van der Waals surface area contributed by atoms with Crippen molar-refractivity contribution in [3.63, 3.8) is 0 Å². The highest BCUT2D eigenvalue weighted by molar-refractivity contribution is 5.89. The van der Waals surface area contributed by atoms with Crippen molar-refractivity contribution in [2.45, 2.75) is 142 Å². The zero-order valence-electron chi connectivity index (χ0n) is 23.7. The standard InChI is InChI=1S/C31H54O6/c1-3-5-7-9-11-14-18-22-28(32)23-19-15-13-17-21-25-31(35)37-27-29(33)26-36-30(34)24-20-16-12-10-8-6-4-2/h11,14,18,22,29,33H,3-10,12-13,15-17,19-21,23-27H2,1-2H3/b14-11-,22-18+/t29-/m0/s1. The number of esters is 2. The van der Waals surface area contributed by atoms with Gasteiger partial charge in [-0.15, -0.1) is 0 Å². The van der Waals surface area contributed by atoms with E-state index in [4.69, 9.17) is 9.47 Å². The lowest BCUT2D eigenvalue weighted by Gasteiger charge is -2.12. The minimum atomic E-state index is -0.995. The van der Waals surface area contributed by atoms with Gasteiger partial charge in [-0.2, -0.15) is 0 Å². The third-order valence-corrected chi connectivity index (χ3v) is 6.17. The molecule has 0 spiro atoms. The smallest absolute Gasteiger partial charge is 0.305 e. The molecule has 0 aliphatic rings. The minimum Gasteiger partial charge on any atom is -0.463 e. The Balaban J connectivity index is 3.58. The van der Waals surface area contributed by atoms with Crippen LogP contribution in [0.25, 0.3) is 0 Å². The summed E-state index contributed by atoms with van der Waals surface area (Å²) in [6, 6.07) is 0. The molecule has 37 heavy (non-hydrogen) atoms. The lowest BCUT2D eigenvalue weighted by Crippen LogP contribution is -2.25. The van der Waals surface area contributed by atoms with Gasteiger partial charge < -0.3 is 14.6 Å². The van der Waals surface area contributed by atoms with Gasteiger partial charge in [-0.1, -0.05) is 103 Å². The number of allylic oxidation sites excluding steroid dienone is 4. The maximum absolute atomic E-state index is 11.8. The molecule has 6 nitrogen and oxygen atoms in total. The van der Waals surface area contributed by atoms with Gasteiger partial charge in [0, 0.05) is 19.3 Å². The predicted molar refractivity (Wildman–Crippen MR) is 150 cm³/mol. The van der Waals surface area contributed by atoms with E-state index in [1.54, 1.807) is 6.08 Å². The van der Waals surface area contributed by atoms with Crippen molar-refractivity contribution in [2.24, 2.45) is 0 Å². The monoisotopic (exact) mass is 522 g/mol. The number of carbonyl (C=O) groups is 3. The summed E-state index contributed by atoms with van der Waals surface area (Å²) in [5.41, 5.74) is 0. The van der Waals surface area contributed by atoms with Crippen LogP contribution in [-0.4, -0.2) is 42.1 Å². The van der Waals surface area contributed by atoms with Gasteiger partial charge in [0.05, 0.1) is 0 Å². The Morgan fingerprint density at radius 2 is 1.08 bits per heavy atom. The summed E-state index contributed by atoms with van der Waals surface area (Å²) in [4.78, 5) is 35.4. The number of aliphatic hydroxyl groups excluding tert-OH is 1. The molecule has 0 saturated carbocycles. The van der Waals surface area contributed by atoms with Crippen molar-refractivity contribution in [1.29, 1.82) is 0 Å². The Morgan fingerprint density at radius 3 is 1.62 bits per heavy atom. The molecule has 0 aliphatic carbocycles. The van der Waals surface area contributed by atoms with Gasteiger partial charge in [0.1, 0.15) is 19.3 Å². The number of ketones is 1. The van der Waals surface area contributed by atoms with Crippen molar-refractivity contribution < 1.29 is 29.0 Å². The zero-order chi connectivity index (χ0) is 27.4. The largest absolute Gasteiger partial charge is 0.463 e. The normalized spacial score (nSPS) is 12.3. The van der Waals surface area contributed by atoms with Crippen LogP contribution in [0.5, 0.6) is 0 Å². The highest BCUT2D eigenvalue weighted by atomic mass is 16.6. The summed E-state index contributed by atoms with van der Waals surface area (Å²) in [6.07, 6.45) is 24.8. The Labute approximate surface area is 226 Å². The molecular weight excluding hydrogens is 468 g/mol. The maximum atomic E-state index is 11.8. The van der Waals surface area contributed by atoms with E-state index in [1.165, 1.54) is 44.9 Å². The SMILES string of the molecule is CCCCC/C=C\C=C\C(=O)CCCCCCCC(=O)OC[C@@H](O)COC(=O)CCCCCCCCC. The molecule has 0 aromatic carbocycles. The van der Waals surface area contributed by atoms with E-state index in [1.807, 2.05) is 12.2 Å². The topological polar surface area (TPSA) is 89.9 Å². The molecule has 1 atom stereocenters. The van der Waals surface area contributed by atoms with E-state index in [0.717, 1.165) is 57.8 Å². The van der Waals surface area contributed by atoms with Crippen LogP contribution >= 0.6 is 0 Å². The summed E-state index contributed by atoms with van der Waals surface area (Å²) in [5.74, 6) is -0.508. The van der Waals surface area contributed by atoms with E-state index >= 15 is 0 Å². The number of unbranched alkanes of at least 4 members (excludes halogenated alkanes) is 13. The van der Waals surface area contributed by atoms with Gasteiger partial charge in [-0.3, -0.25) is 14.4 Å². The summed E-state index contributed by atoms with van der Waals surface area (Å²) in [6.45, 7) is 4.07. The second-order valence-electron chi connectivity index (χ2n) is 9.91.